The molecule has 0 saturated carbocycles. The van der Waals surface area contributed by atoms with Crippen molar-refractivity contribution in [3.05, 3.63) is 33.4 Å². The van der Waals surface area contributed by atoms with Crippen molar-refractivity contribution in [2.75, 3.05) is 37.9 Å². The molecule has 1 rings (SSSR count). The lowest BCUT2D eigenvalue weighted by Gasteiger charge is -2.36. The number of halogens is 1. The molecule has 34 heavy (non-hydrogen) atoms. The zero-order chi connectivity index (χ0) is 26.0. The lowest BCUT2D eigenvalue weighted by atomic mass is 9.78. The minimum Gasteiger partial charge on any atom is -0.459 e. The van der Waals surface area contributed by atoms with Crippen molar-refractivity contribution in [3.63, 3.8) is 0 Å². The van der Waals surface area contributed by atoms with E-state index in [-0.39, 0.29) is 31.1 Å². The average Bonchev–Trinajstić information content (AvgIpc) is 2.67. The molecule has 1 N–H and O–H groups in total. The number of sulfone groups is 1. The molecule has 0 aliphatic heterocycles. The number of carbonyl (C=O) groups is 1. The van der Waals surface area contributed by atoms with Crippen LogP contribution in [0.15, 0.2) is 24.3 Å². The predicted octanol–water partition coefficient (Wildman–Crippen LogP) is 4.28. The maximum atomic E-state index is 13.6. The molecule has 0 aliphatic rings. The summed E-state index contributed by atoms with van der Waals surface area (Å²) in [6.07, 6.45) is 2.11. The molecule has 7 nitrogen and oxygen atoms in total. The normalized spacial score (nSPS) is 14.6. The maximum Gasteiger partial charge on any atom is 0.319 e. The van der Waals surface area contributed by atoms with Crippen molar-refractivity contribution in [2.24, 2.45) is 0 Å². The third kappa shape index (κ3) is 10.9. The van der Waals surface area contributed by atoms with E-state index < -0.39 is 39.0 Å². The smallest absolute Gasteiger partial charge is 0.319 e. The molecule has 0 spiro atoms. The second-order valence-corrected chi connectivity index (χ2v) is 13.6. The van der Waals surface area contributed by atoms with Crippen LogP contribution in [0.5, 0.6) is 0 Å². The Morgan fingerprint density at radius 2 is 1.79 bits per heavy atom. The van der Waals surface area contributed by atoms with E-state index in [0.29, 0.717) is 6.61 Å². The highest BCUT2D eigenvalue weighted by Gasteiger charge is 2.44. The van der Waals surface area contributed by atoms with Crippen LogP contribution in [0.4, 0.5) is 0 Å². The third-order valence-electron chi connectivity index (χ3n) is 5.15. The summed E-state index contributed by atoms with van der Waals surface area (Å²) in [6.45, 7) is 11.3. The number of hydrogen-bond donors (Lipinski definition) is 1. The molecule has 1 atom stereocenters. The first-order valence-corrected chi connectivity index (χ1v) is 14.6. The number of hydrogen-bond acceptors (Lipinski definition) is 7. The van der Waals surface area contributed by atoms with E-state index in [1.54, 1.807) is 13.8 Å². The molecule has 0 fully saturated rings. The molecule has 0 radical (unpaired) electrons. The first-order chi connectivity index (χ1) is 15.7. The monoisotopic (exact) mass is 612 g/mol. The highest BCUT2D eigenvalue weighted by atomic mass is 127. The number of aliphatic hydroxyl groups excluding tert-OH is 1. The van der Waals surface area contributed by atoms with Gasteiger partial charge in [-0.15, -0.1) is 0 Å². The second kappa shape index (κ2) is 13.5. The highest BCUT2D eigenvalue weighted by Crippen LogP contribution is 2.34. The van der Waals surface area contributed by atoms with Gasteiger partial charge in [0.05, 0.1) is 30.3 Å². The van der Waals surface area contributed by atoms with Gasteiger partial charge in [-0.2, -0.15) is 0 Å². The van der Waals surface area contributed by atoms with Gasteiger partial charge in [0.2, 0.25) is 0 Å². The van der Waals surface area contributed by atoms with E-state index in [1.165, 1.54) is 0 Å². The number of rotatable bonds is 15. The number of unbranched alkanes of at least 4 members (excludes halogenated alkanes) is 1. The van der Waals surface area contributed by atoms with Gasteiger partial charge < -0.3 is 19.3 Å². The molecular weight excluding hydrogens is 571 g/mol. The van der Waals surface area contributed by atoms with Crippen molar-refractivity contribution in [1.29, 1.82) is 0 Å². The standard InChI is InChI=1S/C25H41IO7S/c1-7-8-14-31-18-25(22(28)33-23(2,3)4,20-10-9-11-21(26)17-20)12-15-32-24(5,6)19-34(29,30)16-13-27/h9-11,17,27H,7-8,12-16,18-19H2,1-6H3. The van der Waals surface area contributed by atoms with E-state index in [2.05, 4.69) is 29.5 Å². The van der Waals surface area contributed by atoms with Crippen LogP contribution in [0.1, 0.15) is 66.4 Å². The van der Waals surface area contributed by atoms with Crippen LogP contribution in [0.2, 0.25) is 0 Å². The Morgan fingerprint density at radius 3 is 2.35 bits per heavy atom. The lowest BCUT2D eigenvalue weighted by molar-refractivity contribution is -0.167. The van der Waals surface area contributed by atoms with Crippen molar-refractivity contribution >= 4 is 38.4 Å². The van der Waals surface area contributed by atoms with Crippen molar-refractivity contribution < 1.29 is 32.5 Å². The quantitative estimate of drug-likeness (QED) is 0.179. The van der Waals surface area contributed by atoms with Crippen LogP contribution in [-0.2, 0) is 34.3 Å². The number of ether oxygens (including phenoxy) is 3. The molecule has 0 aromatic heterocycles. The predicted molar refractivity (Wildman–Crippen MR) is 143 cm³/mol. The largest absolute Gasteiger partial charge is 0.459 e. The Balaban J connectivity index is 3.25. The third-order valence-corrected chi connectivity index (χ3v) is 7.76. The fourth-order valence-corrected chi connectivity index (χ4v) is 5.63. The highest BCUT2D eigenvalue weighted by molar-refractivity contribution is 14.1. The minimum absolute atomic E-state index is 0.128. The molecule has 196 valence electrons. The molecule has 1 unspecified atom stereocenters. The molecule has 1 aromatic carbocycles. The molecule has 0 heterocycles. The number of benzene rings is 1. The summed E-state index contributed by atoms with van der Waals surface area (Å²) >= 11 is 2.21. The summed E-state index contributed by atoms with van der Waals surface area (Å²) in [5, 5.41) is 9.02. The van der Waals surface area contributed by atoms with Gasteiger partial charge in [-0.3, -0.25) is 4.79 Å². The summed E-state index contributed by atoms with van der Waals surface area (Å²) in [5.41, 5.74) is -2.00. The van der Waals surface area contributed by atoms with Gasteiger partial charge in [0.1, 0.15) is 11.0 Å². The average molecular weight is 613 g/mol. The molecular formula is C25H41IO7S. The molecule has 0 amide bonds. The van der Waals surface area contributed by atoms with Gasteiger partial charge in [-0.05, 0) is 87.7 Å². The maximum absolute atomic E-state index is 13.6. The van der Waals surface area contributed by atoms with E-state index >= 15 is 0 Å². The number of carbonyl (C=O) groups excluding carboxylic acids is 1. The van der Waals surface area contributed by atoms with Crippen molar-refractivity contribution in [2.45, 2.75) is 77.4 Å². The molecule has 0 aliphatic carbocycles. The zero-order valence-corrected chi connectivity index (χ0v) is 24.3. The van der Waals surface area contributed by atoms with Gasteiger partial charge in [-0.1, -0.05) is 25.5 Å². The van der Waals surface area contributed by atoms with E-state index in [0.717, 1.165) is 22.0 Å². The molecule has 0 bridgehead atoms. The van der Waals surface area contributed by atoms with Crippen LogP contribution in [0.3, 0.4) is 0 Å². The summed E-state index contributed by atoms with van der Waals surface area (Å²) in [6, 6.07) is 7.69. The number of esters is 1. The summed E-state index contributed by atoms with van der Waals surface area (Å²) in [5.74, 6) is -0.932. The number of aliphatic hydroxyl groups is 1. The molecule has 9 heteroatoms. The summed E-state index contributed by atoms with van der Waals surface area (Å²) in [4.78, 5) is 13.6. The van der Waals surface area contributed by atoms with Crippen LogP contribution in [0, 0.1) is 3.57 Å². The van der Waals surface area contributed by atoms with E-state index in [9.17, 15) is 13.2 Å². The topological polar surface area (TPSA) is 99.1 Å². The Labute approximate surface area is 219 Å². The van der Waals surface area contributed by atoms with Crippen LogP contribution in [-0.4, -0.2) is 68.6 Å². The first kappa shape index (κ1) is 31.3. The van der Waals surface area contributed by atoms with Crippen molar-refractivity contribution in [3.8, 4) is 0 Å². The van der Waals surface area contributed by atoms with E-state index in [1.807, 2.05) is 45.0 Å². The fraction of sp³-hybridized carbons (Fsp3) is 0.720. The fourth-order valence-electron chi connectivity index (χ4n) is 3.52. The summed E-state index contributed by atoms with van der Waals surface area (Å²) in [7, 11) is -3.47. The Kier molecular flexibility index (Phi) is 12.4. The Bertz CT molecular complexity index is 877. The van der Waals surface area contributed by atoms with Crippen LogP contribution < -0.4 is 0 Å². The van der Waals surface area contributed by atoms with E-state index in [4.69, 9.17) is 19.3 Å². The van der Waals surface area contributed by atoms with Gasteiger partial charge >= 0.3 is 5.97 Å². The lowest BCUT2D eigenvalue weighted by Crippen LogP contribution is -2.46. The second-order valence-electron chi connectivity index (χ2n) is 10.2. The SMILES string of the molecule is CCCCOCC(CCOC(C)(C)CS(=O)(=O)CCO)(C(=O)OC(C)(C)C)c1cccc(I)c1. The first-order valence-electron chi connectivity index (χ1n) is 11.7. The Morgan fingerprint density at radius 1 is 1.12 bits per heavy atom. The van der Waals surface area contributed by atoms with Gasteiger partial charge in [0.15, 0.2) is 9.84 Å². The van der Waals surface area contributed by atoms with Crippen LogP contribution in [0.25, 0.3) is 0 Å². The molecule has 1 aromatic rings. The van der Waals surface area contributed by atoms with Crippen LogP contribution >= 0.6 is 22.6 Å². The van der Waals surface area contributed by atoms with Gasteiger partial charge in [0.25, 0.3) is 0 Å². The zero-order valence-electron chi connectivity index (χ0n) is 21.4. The van der Waals surface area contributed by atoms with Crippen molar-refractivity contribution in [1.82, 2.24) is 0 Å². The van der Waals surface area contributed by atoms with Gasteiger partial charge in [-0.25, -0.2) is 8.42 Å². The molecule has 0 saturated heterocycles. The van der Waals surface area contributed by atoms with Gasteiger partial charge in [0, 0.05) is 16.8 Å². The summed E-state index contributed by atoms with van der Waals surface area (Å²) < 4.78 is 43.2. The Hall–Kier alpha value is -0.750. The minimum atomic E-state index is -3.47.